The summed E-state index contributed by atoms with van der Waals surface area (Å²) in [6, 6.07) is 4.21. The Morgan fingerprint density at radius 3 is 2.70 bits per heavy atom. The molecule has 8 heteroatoms. The molecular formula is C19H22N4O4. The van der Waals surface area contributed by atoms with Crippen molar-refractivity contribution in [2.24, 2.45) is 5.92 Å². The number of allylic oxidation sites excluding steroid dienone is 1. The monoisotopic (exact) mass is 370 g/mol. The van der Waals surface area contributed by atoms with Gasteiger partial charge in [-0.15, -0.1) is 0 Å². The summed E-state index contributed by atoms with van der Waals surface area (Å²) in [7, 11) is 0. The lowest BCUT2D eigenvalue weighted by molar-refractivity contribution is -0.131. The molecule has 2 aliphatic heterocycles. The third-order valence-corrected chi connectivity index (χ3v) is 4.75. The zero-order chi connectivity index (χ0) is 19.4. The Morgan fingerprint density at radius 2 is 2.11 bits per heavy atom. The normalized spacial score (nSPS) is 23.2. The number of fused-ring (bicyclic) bond motifs is 3. The van der Waals surface area contributed by atoms with E-state index < -0.39 is 5.97 Å². The first-order chi connectivity index (χ1) is 12.9. The van der Waals surface area contributed by atoms with Crippen molar-refractivity contribution in [3.63, 3.8) is 0 Å². The molecule has 0 aliphatic carbocycles. The smallest absolute Gasteiger partial charge is 0.328 e. The number of ketones is 1. The van der Waals surface area contributed by atoms with Crippen LogP contribution in [0.1, 0.15) is 23.8 Å². The molecule has 2 bridgehead atoms. The highest BCUT2D eigenvalue weighted by Gasteiger charge is 2.38. The summed E-state index contributed by atoms with van der Waals surface area (Å²) in [5.41, 5.74) is 1.49. The lowest BCUT2D eigenvalue weighted by atomic mass is 10.00. The number of carboxylic acids is 1. The maximum atomic E-state index is 12.2. The first-order valence-corrected chi connectivity index (χ1v) is 8.80. The van der Waals surface area contributed by atoms with E-state index in [0.29, 0.717) is 17.7 Å². The van der Waals surface area contributed by atoms with E-state index in [2.05, 4.69) is 15.2 Å². The number of hydrogen-bond acceptors (Lipinski definition) is 5. The molecular weight excluding hydrogens is 348 g/mol. The Kier molecular flexibility index (Phi) is 5.66. The van der Waals surface area contributed by atoms with Gasteiger partial charge in [0.25, 0.3) is 5.91 Å². The molecule has 4 heterocycles. The largest absolute Gasteiger partial charge is 0.478 e. The maximum absolute atomic E-state index is 12.2. The van der Waals surface area contributed by atoms with Crippen molar-refractivity contribution in [2.45, 2.75) is 19.4 Å². The molecule has 2 aliphatic rings. The number of nitrogens with zero attached hydrogens (tertiary/aromatic N) is 3. The fourth-order valence-corrected chi connectivity index (χ4v) is 3.43. The number of aromatic nitrogens is 2. The van der Waals surface area contributed by atoms with Crippen LogP contribution in [0.4, 0.5) is 0 Å². The molecule has 2 aromatic rings. The quantitative estimate of drug-likeness (QED) is 0.778. The summed E-state index contributed by atoms with van der Waals surface area (Å²) >= 11 is 0. The standard InChI is InChI=1S/C14H16N4O.C5H6O3/c19-14(16-12-8-17-5-3-10(12)7-17)13-9-18-4-1-2-11(18)6-15-13;1-4(6)2-3-5(7)8/h1-2,4,6,9-10,12H,3,5,7-8H2,(H,16,19);2-3H,1H3,(H,7,8)/b;3-2+/t10-,12-;/m0./s1. The van der Waals surface area contributed by atoms with Crippen LogP contribution in [-0.4, -0.2) is 62.7 Å². The minimum atomic E-state index is -1.10. The lowest BCUT2D eigenvalue weighted by Crippen LogP contribution is -2.43. The van der Waals surface area contributed by atoms with Gasteiger partial charge in [0.1, 0.15) is 5.69 Å². The Balaban J connectivity index is 0.000000226. The van der Waals surface area contributed by atoms with Crippen LogP contribution in [0.25, 0.3) is 5.52 Å². The van der Waals surface area contributed by atoms with Gasteiger partial charge in [-0.2, -0.15) is 0 Å². The fourth-order valence-electron chi connectivity index (χ4n) is 3.43. The minimum Gasteiger partial charge on any atom is -0.478 e. The van der Waals surface area contributed by atoms with Crippen LogP contribution in [0.3, 0.4) is 0 Å². The molecule has 2 aromatic heterocycles. The van der Waals surface area contributed by atoms with Crippen LogP contribution < -0.4 is 5.32 Å². The Morgan fingerprint density at radius 1 is 1.30 bits per heavy atom. The number of carbonyl (C=O) groups is 3. The Bertz CT molecular complexity index is 873. The Hall–Kier alpha value is -3.00. The molecule has 2 saturated heterocycles. The molecule has 4 rings (SSSR count). The van der Waals surface area contributed by atoms with Crippen molar-refractivity contribution in [2.75, 3.05) is 19.6 Å². The van der Waals surface area contributed by atoms with Gasteiger partial charge in [0, 0.05) is 37.6 Å². The van der Waals surface area contributed by atoms with E-state index >= 15 is 0 Å². The molecule has 1 amide bonds. The van der Waals surface area contributed by atoms with Gasteiger partial charge in [-0.3, -0.25) is 9.59 Å². The first kappa shape index (κ1) is 18.8. The average Bonchev–Trinajstić information content (AvgIpc) is 3.36. The van der Waals surface area contributed by atoms with Crippen molar-refractivity contribution in [1.82, 2.24) is 19.6 Å². The maximum Gasteiger partial charge on any atom is 0.328 e. The second-order valence-corrected chi connectivity index (χ2v) is 6.78. The van der Waals surface area contributed by atoms with E-state index in [1.54, 1.807) is 12.4 Å². The van der Waals surface area contributed by atoms with E-state index in [9.17, 15) is 14.4 Å². The average molecular weight is 370 g/mol. The van der Waals surface area contributed by atoms with E-state index in [4.69, 9.17) is 5.11 Å². The van der Waals surface area contributed by atoms with Crippen LogP contribution in [0, 0.1) is 5.92 Å². The van der Waals surface area contributed by atoms with Crippen molar-refractivity contribution in [3.05, 3.63) is 48.6 Å². The summed E-state index contributed by atoms with van der Waals surface area (Å²) in [5, 5.41) is 11.1. The van der Waals surface area contributed by atoms with E-state index in [0.717, 1.165) is 30.8 Å². The number of rotatable bonds is 4. The van der Waals surface area contributed by atoms with Crippen LogP contribution >= 0.6 is 0 Å². The van der Waals surface area contributed by atoms with Gasteiger partial charge >= 0.3 is 5.97 Å². The first-order valence-electron chi connectivity index (χ1n) is 8.80. The molecule has 2 N–H and O–H groups in total. The number of aliphatic carboxylic acids is 1. The number of piperidine rings is 1. The predicted octanol–water partition coefficient (Wildman–Crippen LogP) is 0.984. The lowest BCUT2D eigenvalue weighted by Gasteiger charge is -2.22. The van der Waals surface area contributed by atoms with Gasteiger partial charge in [-0.25, -0.2) is 9.78 Å². The molecule has 2 fully saturated rings. The summed E-state index contributed by atoms with van der Waals surface area (Å²) < 4.78 is 1.92. The van der Waals surface area contributed by atoms with Crippen LogP contribution in [-0.2, 0) is 9.59 Å². The van der Waals surface area contributed by atoms with Crippen molar-refractivity contribution < 1.29 is 19.5 Å². The van der Waals surface area contributed by atoms with Crippen molar-refractivity contribution >= 4 is 23.2 Å². The highest BCUT2D eigenvalue weighted by molar-refractivity contribution is 5.93. The van der Waals surface area contributed by atoms with Gasteiger partial charge in [0.15, 0.2) is 5.78 Å². The molecule has 3 atom stereocenters. The number of nitrogens with one attached hydrogen (secondary N) is 1. The SMILES string of the molecule is CC(=O)/C=C/C(=O)O.O=C(N[C@H]1CN2CC[C@H]1C2)c1cn2cccc2cn1. The summed E-state index contributed by atoms with van der Waals surface area (Å²) in [5.74, 6) is -0.791. The second-order valence-electron chi connectivity index (χ2n) is 6.78. The third kappa shape index (κ3) is 4.79. The molecule has 27 heavy (non-hydrogen) atoms. The molecule has 1 unspecified atom stereocenters. The zero-order valence-electron chi connectivity index (χ0n) is 15.0. The molecule has 8 nitrogen and oxygen atoms in total. The number of carbonyl (C=O) groups excluding carboxylic acids is 2. The molecule has 0 saturated carbocycles. The second kappa shape index (κ2) is 8.13. The van der Waals surface area contributed by atoms with Gasteiger partial charge < -0.3 is 19.7 Å². The third-order valence-electron chi connectivity index (χ3n) is 4.75. The van der Waals surface area contributed by atoms with Gasteiger partial charge in [0.2, 0.25) is 0 Å². The number of hydrogen-bond donors (Lipinski definition) is 2. The van der Waals surface area contributed by atoms with Crippen LogP contribution in [0.15, 0.2) is 42.9 Å². The van der Waals surface area contributed by atoms with Gasteiger partial charge in [-0.05, 0) is 44.0 Å². The van der Waals surface area contributed by atoms with E-state index in [-0.39, 0.29) is 11.7 Å². The van der Waals surface area contributed by atoms with Crippen molar-refractivity contribution in [3.8, 4) is 0 Å². The molecule has 0 aromatic carbocycles. The summed E-state index contributed by atoms with van der Waals surface area (Å²) in [6.45, 7) is 4.60. The summed E-state index contributed by atoms with van der Waals surface area (Å²) in [6.07, 6.45) is 8.47. The summed E-state index contributed by atoms with van der Waals surface area (Å²) in [4.78, 5) is 38.6. The molecule has 0 radical (unpaired) electrons. The predicted molar refractivity (Wildman–Crippen MR) is 98.5 cm³/mol. The van der Waals surface area contributed by atoms with Crippen LogP contribution in [0.2, 0.25) is 0 Å². The highest BCUT2D eigenvalue weighted by atomic mass is 16.4. The van der Waals surface area contributed by atoms with Crippen molar-refractivity contribution in [1.29, 1.82) is 0 Å². The Labute approximate surface area is 156 Å². The van der Waals surface area contributed by atoms with E-state index in [1.165, 1.54) is 19.9 Å². The topological polar surface area (TPSA) is 104 Å². The van der Waals surface area contributed by atoms with E-state index in [1.807, 2.05) is 22.7 Å². The highest BCUT2D eigenvalue weighted by Crippen LogP contribution is 2.27. The zero-order valence-corrected chi connectivity index (χ0v) is 15.0. The fraction of sp³-hybridized carbons (Fsp3) is 0.368. The van der Waals surface area contributed by atoms with Gasteiger partial charge in [-0.1, -0.05) is 0 Å². The molecule has 142 valence electrons. The van der Waals surface area contributed by atoms with Crippen LogP contribution in [0.5, 0.6) is 0 Å². The van der Waals surface area contributed by atoms with Gasteiger partial charge in [0.05, 0.1) is 11.7 Å². The minimum absolute atomic E-state index is 0.0608. The number of amides is 1. The number of carboxylic acid groups (broad SMARTS) is 1. The molecule has 0 spiro atoms.